The molecule has 0 aliphatic rings. The number of fused-ring (bicyclic) bond motifs is 2. The predicted octanol–water partition coefficient (Wildman–Crippen LogP) is 7.45. The molecule has 2 nitrogen and oxygen atoms in total. The molecule has 0 radical (unpaired) electrons. The number of imidazole rings is 1. The summed E-state index contributed by atoms with van der Waals surface area (Å²) in [4.78, 5) is 5.10. The van der Waals surface area contributed by atoms with E-state index in [0.717, 1.165) is 36.2 Å². The lowest BCUT2D eigenvalue weighted by atomic mass is 10.0. The van der Waals surface area contributed by atoms with Gasteiger partial charge in [0.1, 0.15) is 0 Å². The van der Waals surface area contributed by atoms with Crippen LogP contribution in [0.5, 0.6) is 0 Å². The van der Waals surface area contributed by atoms with Crippen molar-refractivity contribution in [3.8, 4) is 10.7 Å². The SMILES string of the molecule is CCCc1c(-c2nc3cc(C(F)(F)F)ccc3n2C)sc2cc(C(F)(F)F)ccc12. The molecule has 0 amide bonds. The van der Waals surface area contributed by atoms with Gasteiger partial charge in [0, 0.05) is 11.7 Å². The Morgan fingerprint density at radius 3 is 2.20 bits per heavy atom. The van der Waals surface area contributed by atoms with Crippen LogP contribution in [0, 0.1) is 0 Å². The number of aromatic nitrogens is 2. The van der Waals surface area contributed by atoms with Gasteiger partial charge in [-0.05, 0) is 47.7 Å². The number of alkyl halides is 6. The maximum atomic E-state index is 13.1. The molecule has 158 valence electrons. The van der Waals surface area contributed by atoms with Crippen LogP contribution in [-0.4, -0.2) is 9.55 Å². The van der Waals surface area contributed by atoms with Crippen LogP contribution >= 0.6 is 11.3 Å². The summed E-state index contributed by atoms with van der Waals surface area (Å²) in [6, 6.07) is 7.00. The number of benzene rings is 2. The van der Waals surface area contributed by atoms with E-state index < -0.39 is 23.5 Å². The molecule has 4 aromatic rings. The number of nitrogens with zero attached hydrogens (tertiary/aromatic N) is 2. The minimum Gasteiger partial charge on any atom is -0.326 e. The molecule has 0 fully saturated rings. The number of aryl methyl sites for hydroxylation is 2. The molecule has 0 aliphatic carbocycles. The molecular formula is C21H16F6N2S. The second-order valence-corrected chi connectivity index (χ2v) is 8.12. The summed E-state index contributed by atoms with van der Waals surface area (Å²) in [6.45, 7) is 1.96. The second-order valence-electron chi connectivity index (χ2n) is 7.06. The van der Waals surface area contributed by atoms with Crippen molar-refractivity contribution in [2.45, 2.75) is 32.1 Å². The van der Waals surface area contributed by atoms with Crippen LogP contribution in [0.15, 0.2) is 36.4 Å². The van der Waals surface area contributed by atoms with Gasteiger partial charge in [-0.3, -0.25) is 0 Å². The van der Waals surface area contributed by atoms with Crippen LogP contribution in [0.1, 0.15) is 30.0 Å². The number of halogens is 6. The number of thiophene rings is 1. The summed E-state index contributed by atoms with van der Waals surface area (Å²) >= 11 is 1.18. The predicted molar refractivity (Wildman–Crippen MR) is 106 cm³/mol. The maximum absolute atomic E-state index is 13.1. The first-order valence-corrected chi connectivity index (χ1v) is 9.99. The molecule has 0 spiro atoms. The fourth-order valence-electron chi connectivity index (χ4n) is 3.58. The van der Waals surface area contributed by atoms with Crippen molar-refractivity contribution in [1.82, 2.24) is 9.55 Å². The number of hydrogen-bond donors (Lipinski definition) is 0. The quantitative estimate of drug-likeness (QED) is 0.302. The van der Waals surface area contributed by atoms with E-state index in [9.17, 15) is 26.3 Å². The highest BCUT2D eigenvalue weighted by Gasteiger charge is 2.32. The smallest absolute Gasteiger partial charge is 0.326 e. The van der Waals surface area contributed by atoms with Gasteiger partial charge in [0.2, 0.25) is 0 Å². The van der Waals surface area contributed by atoms with Crippen molar-refractivity contribution in [1.29, 1.82) is 0 Å². The van der Waals surface area contributed by atoms with Gasteiger partial charge in [-0.15, -0.1) is 11.3 Å². The monoisotopic (exact) mass is 442 g/mol. The van der Waals surface area contributed by atoms with Gasteiger partial charge in [0.05, 0.1) is 27.0 Å². The third kappa shape index (κ3) is 3.45. The molecule has 2 aromatic carbocycles. The average molecular weight is 442 g/mol. The topological polar surface area (TPSA) is 17.8 Å². The van der Waals surface area contributed by atoms with Crippen molar-refractivity contribution in [2.24, 2.45) is 7.05 Å². The lowest BCUT2D eigenvalue weighted by molar-refractivity contribution is -0.138. The molecule has 0 bridgehead atoms. The molecule has 4 rings (SSSR count). The molecule has 0 aliphatic heterocycles. The molecular weight excluding hydrogens is 426 g/mol. The third-order valence-corrected chi connectivity index (χ3v) is 6.22. The first kappa shape index (κ1) is 20.7. The van der Waals surface area contributed by atoms with Gasteiger partial charge >= 0.3 is 12.4 Å². The van der Waals surface area contributed by atoms with Crippen LogP contribution in [0.4, 0.5) is 26.3 Å². The zero-order chi connectivity index (χ0) is 21.8. The Kier molecular flexibility index (Phi) is 4.84. The fraction of sp³-hybridized carbons (Fsp3) is 0.286. The van der Waals surface area contributed by atoms with Crippen molar-refractivity contribution in [2.75, 3.05) is 0 Å². The summed E-state index contributed by atoms with van der Waals surface area (Å²) in [5, 5.41) is 0.716. The number of rotatable bonds is 3. The third-order valence-electron chi connectivity index (χ3n) is 5.03. The highest BCUT2D eigenvalue weighted by molar-refractivity contribution is 7.22. The standard InChI is InChI=1S/C21H16F6N2S/c1-3-4-14-13-7-5-12(21(25,26)27)10-17(13)30-18(14)19-28-15-9-11(20(22,23)24)6-8-16(15)29(19)2/h5-10H,3-4H2,1-2H3. The zero-order valence-corrected chi connectivity index (χ0v) is 16.8. The molecule has 0 atom stereocenters. The Balaban J connectivity index is 1.94. The van der Waals surface area contributed by atoms with E-state index in [-0.39, 0.29) is 5.52 Å². The Hall–Kier alpha value is -2.55. The molecule has 2 heterocycles. The lowest BCUT2D eigenvalue weighted by Gasteiger charge is -2.07. The van der Waals surface area contributed by atoms with E-state index in [1.54, 1.807) is 11.6 Å². The van der Waals surface area contributed by atoms with Crippen molar-refractivity contribution in [3.05, 3.63) is 53.1 Å². The first-order chi connectivity index (χ1) is 14.0. The Labute approximate surface area is 171 Å². The summed E-state index contributed by atoms with van der Waals surface area (Å²) in [6.07, 6.45) is -7.54. The van der Waals surface area contributed by atoms with Gasteiger partial charge < -0.3 is 4.57 Å². The van der Waals surface area contributed by atoms with E-state index in [0.29, 0.717) is 32.7 Å². The van der Waals surface area contributed by atoms with Crippen molar-refractivity contribution in [3.63, 3.8) is 0 Å². The number of hydrogen-bond acceptors (Lipinski definition) is 2. The lowest BCUT2D eigenvalue weighted by Crippen LogP contribution is -2.04. The van der Waals surface area contributed by atoms with Crippen LogP contribution in [-0.2, 0) is 25.8 Å². The fourth-order valence-corrected chi connectivity index (χ4v) is 4.90. The molecule has 0 unspecified atom stereocenters. The van der Waals surface area contributed by atoms with Gasteiger partial charge in [0.25, 0.3) is 0 Å². The molecule has 9 heteroatoms. The van der Waals surface area contributed by atoms with Crippen molar-refractivity contribution >= 4 is 32.5 Å². The first-order valence-electron chi connectivity index (χ1n) is 9.17. The highest BCUT2D eigenvalue weighted by Crippen LogP contribution is 2.42. The van der Waals surface area contributed by atoms with Gasteiger partial charge in [0.15, 0.2) is 5.82 Å². The van der Waals surface area contributed by atoms with Crippen LogP contribution in [0.3, 0.4) is 0 Å². The normalized spacial score (nSPS) is 12.9. The maximum Gasteiger partial charge on any atom is 0.416 e. The Morgan fingerprint density at radius 2 is 1.57 bits per heavy atom. The van der Waals surface area contributed by atoms with Gasteiger partial charge in [-0.1, -0.05) is 19.4 Å². The van der Waals surface area contributed by atoms with Crippen LogP contribution in [0.2, 0.25) is 0 Å². The zero-order valence-electron chi connectivity index (χ0n) is 15.9. The Bertz CT molecular complexity index is 1250. The summed E-state index contributed by atoms with van der Waals surface area (Å²) in [7, 11) is 1.69. The van der Waals surface area contributed by atoms with Crippen LogP contribution < -0.4 is 0 Å². The average Bonchev–Trinajstić information content (AvgIpc) is 3.18. The second kappa shape index (κ2) is 7.01. The molecule has 30 heavy (non-hydrogen) atoms. The van der Waals surface area contributed by atoms with E-state index >= 15 is 0 Å². The summed E-state index contributed by atoms with van der Waals surface area (Å²) in [5.41, 5.74) is 0.0537. The van der Waals surface area contributed by atoms with Crippen LogP contribution in [0.25, 0.3) is 31.8 Å². The molecule has 0 saturated heterocycles. The van der Waals surface area contributed by atoms with Gasteiger partial charge in [-0.2, -0.15) is 26.3 Å². The summed E-state index contributed by atoms with van der Waals surface area (Å²) in [5.74, 6) is 0.447. The minimum atomic E-state index is -4.48. The molecule has 0 saturated carbocycles. The molecule has 0 N–H and O–H groups in total. The Morgan fingerprint density at radius 1 is 0.933 bits per heavy atom. The van der Waals surface area contributed by atoms with E-state index in [1.165, 1.54) is 23.5 Å². The van der Waals surface area contributed by atoms with Gasteiger partial charge in [-0.25, -0.2) is 4.98 Å². The van der Waals surface area contributed by atoms with E-state index in [4.69, 9.17) is 0 Å². The van der Waals surface area contributed by atoms with Crippen molar-refractivity contribution < 1.29 is 26.3 Å². The minimum absolute atomic E-state index is 0.193. The van der Waals surface area contributed by atoms with E-state index in [1.807, 2.05) is 6.92 Å². The highest BCUT2D eigenvalue weighted by atomic mass is 32.1. The summed E-state index contributed by atoms with van der Waals surface area (Å²) < 4.78 is 80.7. The molecule has 2 aromatic heterocycles. The van der Waals surface area contributed by atoms with E-state index in [2.05, 4.69) is 4.98 Å². The largest absolute Gasteiger partial charge is 0.416 e.